The van der Waals surface area contributed by atoms with E-state index in [0.29, 0.717) is 13.0 Å². The summed E-state index contributed by atoms with van der Waals surface area (Å²) in [6.45, 7) is 5.71. The Kier molecular flexibility index (Phi) is 5.25. The van der Waals surface area contributed by atoms with Crippen molar-refractivity contribution in [2.45, 2.75) is 58.4 Å². The van der Waals surface area contributed by atoms with Crippen molar-refractivity contribution in [1.82, 2.24) is 10.6 Å². The molecule has 1 amide bonds. The van der Waals surface area contributed by atoms with Gasteiger partial charge in [0, 0.05) is 12.6 Å². The molecule has 3 atom stereocenters. The molecule has 2 fully saturated rings. The quantitative estimate of drug-likeness (QED) is 0.691. The summed E-state index contributed by atoms with van der Waals surface area (Å²) in [5.74, 6) is -0.914. The summed E-state index contributed by atoms with van der Waals surface area (Å²) in [4.78, 5) is 24.3. The predicted octanol–water partition coefficient (Wildman–Crippen LogP) is 1.77. The van der Waals surface area contributed by atoms with Gasteiger partial charge < -0.3 is 15.7 Å². The molecule has 0 aromatic rings. The summed E-state index contributed by atoms with van der Waals surface area (Å²) in [6, 6.07) is -0.214. The lowest BCUT2D eigenvalue weighted by molar-refractivity contribution is -0.144. The molecule has 0 aromatic heterocycles. The molecule has 3 N–H and O–H groups in total. The van der Waals surface area contributed by atoms with Crippen LogP contribution in [0.5, 0.6) is 0 Å². The van der Waals surface area contributed by atoms with Gasteiger partial charge in [0.25, 0.3) is 0 Å². The smallest absolute Gasteiger partial charge is 0.308 e. The van der Waals surface area contributed by atoms with E-state index in [4.69, 9.17) is 0 Å². The maximum absolute atomic E-state index is 12.8. The number of carbonyl (C=O) groups is 2. The molecule has 0 spiro atoms. The Morgan fingerprint density at radius 3 is 2.52 bits per heavy atom. The molecule has 5 heteroatoms. The molecule has 3 unspecified atom stereocenters. The molecule has 2 aliphatic rings. The fourth-order valence-corrected chi connectivity index (χ4v) is 3.75. The third-order valence-electron chi connectivity index (χ3n) is 5.40. The summed E-state index contributed by atoms with van der Waals surface area (Å²) in [5, 5.41) is 15.8. The minimum absolute atomic E-state index is 0.0423. The number of amides is 1. The van der Waals surface area contributed by atoms with Crippen LogP contribution in [0, 0.1) is 17.3 Å². The highest BCUT2D eigenvalue weighted by molar-refractivity contribution is 5.84. The number of aliphatic carboxylic acids is 1. The lowest BCUT2D eigenvalue weighted by Crippen LogP contribution is -2.52. The van der Waals surface area contributed by atoms with Crippen molar-refractivity contribution in [2.75, 3.05) is 13.1 Å². The molecular weight excluding hydrogens is 268 g/mol. The Labute approximate surface area is 126 Å². The van der Waals surface area contributed by atoms with Gasteiger partial charge in [0.05, 0.1) is 11.3 Å². The molecule has 1 aliphatic carbocycles. The highest BCUT2D eigenvalue weighted by Crippen LogP contribution is 2.35. The molecule has 0 bridgehead atoms. The zero-order chi connectivity index (χ0) is 15.5. The van der Waals surface area contributed by atoms with Crippen LogP contribution in [-0.4, -0.2) is 36.1 Å². The summed E-state index contributed by atoms with van der Waals surface area (Å²) in [5.41, 5.74) is -0.380. The Morgan fingerprint density at radius 1 is 1.24 bits per heavy atom. The van der Waals surface area contributed by atoms with Crippen LogP contribution < -0.4 is 10.6 Å². The molecule has 5 nitrogen and oxygen atoms in total. The van der Waals surface area contributed by atoms with Crippen LogP contribution in [-0.2, 0) is 9.59 Å². The fraction of sp³-hybridized carbons (Fsp3) is 0.875. The summed E-state index contributed by atoms with van der Waals surface area (Å²) in [6.07, 6.45) is 5.30. The Hall–Kier alpha value is -1.10. The van der Waals surface area contributed by atoms with Gasteiger partial charge in [0.1, 0.15) is 0 Å². The topological polar surface area (TPSA) is 78.4 Å². The van der Waals surface area contributed by atoms with Gasteiger partial charge in [-0.1, -0.05) is 33.1 Å². The number of hydrogen-bond acceptors (Lipinski definition) is 3. The van der Waals surface area contributed by atoms with E-state index in [1.54, 1.807) is 0 Å². The van der Waals surface area contributed by atoms with Crippen molar-refractivity contribution in [1.29, 1.82) is 0 Å². The van der Waals surface area contributed by atoms with Crippen molar-refractivity contribution in [3.63, 3.8) is 0 Å². The third-order valence-corrected chi connectivity index (χ3v) is 5.40. The monoisotopic (exact) mass is 296 g/mol. The summed E-state index contributed by atoms with van der Waals surface area (Å²) >= 11 is 0. The van der Waals surface area contributed by atoms with Crippen LogP contribution in [0.25, 0.3) is 0 Å². The predicted molar refractivity (Wildman–Crippen MR) is 80.9 cm³/mol. The maximum Gasteiger partial charge on any atom is 0.308 e. The average Bonchev–Trinajstić information content (AvgIpc) is 2.81. The van der Waals surface area contributed by atoms with Crippen LogP contribution in [0.1, 0.15) is 52.4 Å². The lowest BCUT2D eigenvalue weighted by Gasteiger charge is -2.34. The zero-order valence-electron chi connectivity index (χ0n) is 13.2. The number of carboxylic acid groups (broad SMARTS) is 1. The maximum atomic E-state index is 12.8. The van der Waals surface area contributed by atoms with E-state index in [-0.39, 0.29) is 23.3 Å². The van der Waals surface area contributed by atoms with E-state index in [2.05, 4.69) is 24.5 Å². The van der Waals surface area contributed by atoms with E-state index in [9.17, 15) is 14.7 Å². The highest BCUT2D eigenvalue weighted by Gasteiger charge is 2.45. The number of hydrogen-bond donors (Lipinski definition) is 3. The van der Waals surface area contributed by atoms with Crippen molar-refractivity contribution in [2.24, 2.45) is 17.3 Å². The third kappa shape index (κ3) is 3.39. The van der Waals surface area contributed by atoms with Gasteiger partial charge in [-0.2, -0.15) is 0 Å². The number of carboxylic acids is 1. The van der Waals surface area contributed by atoms with Crippen molar-refractivity contribution in [3.05, 3.63) is 0 Å². The van der Waals surface area contributed by atoms with Crippen LogP contribution in [0.4, 0.5) is 0 Å². The van der Waals surface area contributed by atoms with E-state index in [0.717, 1.165) is 38.6 Å². The first-order chi connectivity index (χ1) is 9.97. The molecule has 1 saturated carbocycles. The molecule has 1 aliphatic heterocycles. The van der Waals surface area contributed by atoms with Crippen LogP contribution >= 0.6 is 0 Å². The molecule has 0 radical (unpaired) electrons. The molecule has 2 rings (SSSR count). The molecule has 21 heavy (non-hydrogen) atoms. The van der Waals surface area contributed by atoms with Crippen LogP contribution in [0.2, 0.25) is 0 Å². The van der Waals surface area contributed by atoms with Gasteiger partial charge in [-0.15, -0.1) is 0 Å². The standard InChI is InChI=1S/C16H28N2O3/c1-11(2)16(8-9-17-10-16)15(21)18-13-7-5-3-4-6-12(13)14(19)20/h11-13,17H,3-10H2,1-2H3,(H,18,21)(H,19,20). The van der Waals surface area contributed by atoms with Gasteiger partial charge in [-0.25, -0.2) is 0 Å². The normalized spacial score (nSPS) is 33.7. The van der Waals surface area contributed by atoms with Crippen molar-refractivity contribution < 1.29 is 14.7 Å². The molecular formula is C16H28N2O3. The number of nitrogens with one attached hydrogen (secondary N) is 2. The summed E-state index contributed by atoms with van der Waals surface area (Å²) in [7, 11) is 0. The van der Waals surface area contributed by atoms with Crippen molar-refractivity contribution in [3.8, 4) is 0 Å². The average molecular weight is 296 g/mol. The first-order valence-electron chi connectivity index (χ1n) is 8.22. The van der Waals surface area contributed by atoms with E-state index < -0.39 is 11.9 Å². The second kappa shape index (κ2) is 6.77. The fourth-order valence-electron chi connectivity index (χ4n) is 3.75. The first kappa shape index (κ1) is 16.3. The lowest BCUT2D eigenvalue weighted by atomic mass is 9.75. The minimum Gasteiger partial charge on any atom is -0.481 e. The second-order valence-electron chi connectivity index (χ2n) is 6.90. The summed E-state index contributed by atoms with van der Waals surface area (Å²) < 4.78 is 0. The Balaban J connectivity index is 2.10. The Bertz CT molecular complexity index is 389. The van der Waals surface area contributed by atoms with Gasteiger partial charge in [0.2, 0.25) is 5.91 Å². The molecule has 120 valence electrons. The van der Waals surface area contributed by atoms with E-state index in [1.807, 2.05) is 0 Å². The van der Waals surface area contributed by atoms with Crippen LogP contribution in [0.15, 0.2) is 0 Å². The zero-order valence-corrected chi connectivity index (χ0v) is 13.2. The first-order valence-corrected chi connectivity index (χ1v) is 8.22. The Morgan fingerprint density at radius 2 is 1.95 bits per heavy atom. The second-order valence-corrected chi connectivity index (χ2v) is 6.90. The molecule has 0 aromatic carbocycles. The van der Waals surface area contributed by atoms with Crippen LogP contribution in [0.3, 0.4) is 0 Å². The number of carbonyl (C=O) groups excluding carboxylic acids is 1. The van der Waals surface area contributed by atoms with Gasteiger partial charge in [0.15, 0.2) is 0 Å². The molecule has 1 heterocycles. The van der Waals surface area contributed by atoms with Gasteiger partial charge in [-0.3, -0.25) is 9.59 Å². The minimum atomic E-state index is -0.773. The van der Waals surface area contributed by atoms with Gasteiger partial charge in [-0.05, 0) is 31.7 Å². The largest absolute Gasteiger partial charge is 0.481 e. The molecule has 1 saturated heterocycles. The number of rotatable bonds is 4. The van der Waals surface area contributed by atoms with Gasteiger partial charge >= 0.3 is 5.97 Å². The van der Waals surface area contributed by atoms with E-state index >= 15 is 0 Å². The van der Waals surface area contributed by atoms with E-state index in [1.165, 1.54) is 0 Å². The van der Waals surface area contributed by atoms with Crippen molar-refractivity contribution >= 4 is 11.9 Å². The SMILES string of the molecule is CC(C)C1(C(=O)NC2CCCCCC2C(=O)O)CCNC1. The highest BCUT2D eigenvalue weighted by atomic mass is 16.4.